The molecule has 74 valence electrons. The number of aryl methyl sites for hydroxylation is 1. The quantitative estimate of drug-likeness (QED) is 0.795. The minimum absolute atomic E-state index is 0.619. The van der Waals surface area contributed by atoms with E-state index in [1.165, 1.54) is 11.1 Å². The lowest BCUT2D eigenvalue weighted by molar-refractivity contribution is 1.10. The van der Waals surface area contributed by atoms with E-state index in [-0.39, 0.29) is 0 Å². The Bertz CT molecular complexity index is 442. The first-order valence-corrected chi connectivity index (χ1v) is 5.54. The van der Waals surface area contributed by atoms with Crippen molar-refractivity contribution in [2.24, 2.45) is 0 Å². The molecule has 0 aliphatic heterocycles. The number of anilines is 1. The van der Waals surface area contributed by atoms with Gasteiger partial charge >= 0.3 is 0 Å². The van der Waals surface area contributed by atoms with Gasteiger partial charge in [0.2, 0.25) is 0 Å². The summed E-state index contributed by atoms with van der Waals surface area (Å²) < 4.78 is 0. The molecule has 2 rings (SSSR count). The lowest BCUT2D eigenvalue weighted by Crippen LogP contribution is -1.90. The fraction of sp³-hybridized carbons (Fsp3) is 0.300. The van der Waals surface area contributed by atoms with Crippen molar-refractivity contribution in [2.75, 3.05) is 5.73 Å². The number of hydrogen-bond donors (Lipinski definition) is 2. The Morgan fingerprint density at radius 2 is 2.29 bits per heavy atom. The molecular weight excluding hydrogens is 194 g/mol. The third-order valence-corrected chi connectivity index (χ3v) is 3.24. The van der Waals surface area contributed by atoms with Gasteiger partial charge in [-0.1, -0.05) is 6.92 Å². The largest absolute Gasteiger partial charge is 0.382 e. The predicted molar refractivity (Wildman–Crippen MR) is 60.4 cm³/mol. The zero-order chi connectivity index (χ0) is 10.1. The molecule has 4 heteroatoms. The molecule has 0 aromatic carbocycles. The number of hydrogen-bond acceptors (Lipinski definition) is 3. The predicted octanol–water partition coefficient (Wildman–Crippen LogP) is 2.59. The molecule has 0 aliphatic carbocycles. The van der Waals surface area contributed by atoms with Crippen LogP contribution in [0.4, 0.5) is 5.82 Å². The zero-order valence-electron chi connectivity index (χ0n) is 8.29. The van der Waals surface area contributed by atoms with Gasteiger partial charge in [-0.15, -0.1) is 0 Å². The van der Waals surface area contributed by atoms with Crippen LogP contribution in [0.3, 0.4) is 0 Å². The van der Waals surface area contributed by atoms with E-state index in [9.17, 15) is 0 Å². The first-order valence-electron chi connectivity index (χ1n) is 4.60. The molecule has 0 saturated heterocycles. The maximum Gasteiger partial charge on any atom is 0.149 e. The SMILES string of the molecule is CCc1c(N)n[nH]c1-c1cscc1C. The summed E-state index contributed by atoms with van der Waals surface area (Å²) in [6.07, 6.45) is 0.910. The molecule has 3 N–H and O–H groups in total. The van der Waals surface area contributed by atoms with E-state index < -0.39 is 0 Å². The van der Waals surface area contributed by atoms with Crippen LogP contribution in [0.1, 0.15) is 18.1 Å². The van der Waals surface area contributed by atoms with Gasteiger partial charge in [-0.25, -0.2) is 0 Å². The standard InChI is InChI=1S/C10H13N3S/c1-3-7-9(12-13-10(7)11)8-5-14-4-6(8)2/h4-5H,3H2,1-2H3,(H3,11,12,13). The number of H-pyrrole nitrogens is 1. The van der Waals surface area contributed by atoms with Gasteiger partial charge in [-0.2, -0.15) is 16.4 Å². The number of nitrogens with one attached hydrogen (secondary N) is 1. The number of aromatic amines is 1. The van der Waals surface area contributed by atoms with Crippen LogP contribution in [0.15, 0.2) is 10.8 Å². The highest BCUT2D eigenvalue weighted by Gasteiger charge is 2.12. The third-order valence-electron chi connectivity index (χ3n) is 2.38. The van der Waals surface area contributed by atoms with E-state index >= 15 is 0 Å². The third kappa shape index (κ3) is 1.32. The maximum atomic E-state index is 5.77. The van der Waals surface area contributed by atoms with E-state index in [4.69, 9.17) is 5.73 Å². The van der Waals surface area contributed by atoms with E-state index in [0.717, 1.165) is 17.7 Å². The van der Waals surface area contributed by atoms with Crippen molar-refractivity contribution in [3.63, 3.8) is 0 Å². The van der Waals surface area contributed by atoms with Crippen LogP contribution in [0.25, 0.3) is 11.3 Å². The summed E-state index contributed by atoms with van der Waals surface area (Å²) in [4.78, 5) is 0. The van der Waals surface area contributed by atoms with E-state index in [2.05, 4.69) is 34.8 Å². The molecule has 0 spiro atoms. The highest BCUT2D eigenvalue weighted by Crippen LogP contribution is 2.30. The van der Waals surface area contributed by atoms with Gasteiger partial charge in [-0.05, 0) is 24.3 Å². The molecule has 0 amide bonds. The zero-order valence-corrected chi connectivity index (χ0v) is 9.11. The molecule has 2 heterocycles. The average molecular weight is 207 g/mol. The fourth-order valence-corrected chi connectivity index (χ4v) is 2.42. The molecule has 0 atom stereocenters. The minimum atomic E-state index is 0.619. The Labute approximate surface area is 87.0 Å². The number of thiophene rings is 1. The van der Waals surface area contributed by atoms with Crippen molar-refractivity contribution in [2.45, 2.75) is 20.3 Å². The van der Waals surface area contributed by atoms with Crippen LogP contribution >= 0.6 is 11.3 Å². The molecule has 14 heavy (non-hydrogen) atoms. The Kier molecular flexibility index (Phi) is 2.29. The molecule has 0 fully saturated rings. The number of nitrogen functional groups attached to an aromatic ring is 1. The summed E-state index contributed by atoms with van der Waals surface area (Å²) in [6.45, 7) is 4.19. The Morgan fingerprint density at radius 1 is 1.50 bits per heavy atom. The van der Waals surface area contributed by atoms with E-state index in [1.807, 2.05) is 0 Å². The van der Waals surface area contributed by atoms with Gasteiger partial charge in [0.25, 0.3) is 0 Å². The summed E-state index contributed by atoms with van der Waals surface area (Å²) in [5.74, 6) is 0.619. The molecule has 0 radical (unpaired) electrons. The Hall–Kier alpha value is -1.29. The monoisotopic (exact) mass is 207 g/mol. The first kappa shape index (κ1) is 9.27. The maximum absolute atomic E-state index is 5.77. The smallest absolute Gasteiger partial charge is 0.149 e. The second-order valence-corrected chi connectivity index (χ2v) is 4.03. The molecule has 0 aliphatic rings. The topological polar surface area (TPSA) is 54.7 Å². The van der Waals surface area contributed by atoms with Crippen LogP contribution in [-0.2, 0) is 6.42 Å². The number of nitrogens with zero attached hydrogens (tertiary/aromatic N) is 1. The van der Waals surface area contributed by atoms with Crippen molar-refractivity contribution in [1.82, 2.24) is 10.2 Å². The Morgan fingerprint density at radius 3 is 2.86 bits per heavy atom. The number of rotatable bonds is 2. The highest BCUT2D eigenvalue weighted by molar-refractivity contribution is 7.08. The summed E-state index contributed by atoms with van der Waals surface area (Å²) in [5.41, 5.74) is 10.4. The van der Waals surface area contributed by atoms with Gasteiger partial charge < -0.3 is 5.73 Å². The van der Waals surface area contributed by atoms with Crippen molar-refractivity contribution < 1.29 is 0 Å². The van der Waals surface area contributed by atoms with Crippen LogP contribution in [0.5, 0.6) is 0 Å². The number of nitrogens with two attached hydrogens (primary N) is 1. The van der Waals surface area contributed by atoms with Gasteiger partial charge in [-0.3, -0.25) is 5.10 Å². The van der Waals surface area contributed by atoms with Crippen molar-refractivity contribution in [1.29, 1.82) is 0 Å². The van der Waals surface area contributed by atoms with Crippen molar-refractivity contribution in [3.8, 4) is 11.3 Å². The molecule has 2 aromatic rings. The second-order valence-electron chi connectivity index (χ2n) is 3.28. The normalized spacial score (nSPS) is 10.7. The van der Waals surface area contributed by atoms with Gasteiger partial charge in [0, 0.05) is 16.5 Å². The molecule has 3 nitrogen and oxygen atoms in total. The van der Waals surface area contributed by atoms with Crippen molar-refractivity contribution in [3.05, 3.63) is 21.9 Å². The minimum Gasteiger partial charge on any atom is -0.382 e. The van der Waals surface area contributed by atoms with E-state index in [0.29, 0.717) is 5.82 Å². The first-order chi connectivity index (χ1) is 6.74. The van der Waals surface area contributed by atoms with Crippen molar-refractivity contribution >= 4 is 17.2 Å². The molecule has 0 unspecified atom stereocenters. The Balaban J connectivity index is 2.57. The summed E-state index contributed by atoms with van der Waals surface area (Å²) in [6, 6.07) is 0. The van der Waals surface area contributed by atoms with Gasteiger partial charge in [0.15, 0.2) is 0 Å². The second kappa shape index (κ2) is 3.46. The lowest BCUT2D eigenvalue weighted by atomic mass is 10.1. The number of aromatic nitrogens is 2. The average Bonchev–Trinajstić information content (AvgIpc) is 2.71. The lowest BCUT2D eigenvalue weighted by Gasteiger charge is -1.99. The van der Waals surface area contributed by atoms with Crippen LogP contribution in [-0.4, -0.2) is 10.2 Å². The van der Waals surface area contributed by atoms with E-state index in [1.54, 1.807) is 11.3 Å². The van der Waals surface area contributed by atoms with Crippen LogP contribution in [0.2, 0.25) is 0 Å². The van der Waals surface area contributed by atoms with Crippen LogP contribution < -0.4 is 5.73 Å². The highest BCUT2D eigenvalue weighted by atomic mass is 32.1. The molecule has 2 aromatic heterocycles. The van der Waals surface area contributed by atoms with Gasteiger partial charge in [0.05, 0.1) is 5.69 Å². The fourth-order valence-electron chi connectivity index (χ4n) is 1.58. The molecular formula is C10H13N3S. The van der Waals surface area contributed by atoms with Gasteiger partial charge in [0.1, 0.15) is 5.82 Å². The summed E-state index contributed by atoms with van der Waals surface area (Å²) >= 11 is 1.70. The molecule has 0 bridgehead atoms. The van der Waals surface area contributed by atoms with Crippen LogP contribution in [0, 0.1) is 6.92 Å². The molecule has 0 saturated carbocycles. The summed E-state index contributed by atoms with van der Waals surface area (Å²) in [7, 11) is 0. The summed E-state index contributed by atoms with van der Waals surface area (Å²) in [5, 5.41) is 11.3.